The molecule has 0 unspecified atom stereocenters. The Balaban J connectivity index is 1.75. The molecule has 2 aromatic heterocycles. The first-order valence-electron chi connectivity index (χ1n) is 6.54. The molecule has 1 saturated heterocycles. The van der Waals surface area contributed by atoms with Gasteiger partial charge < -0.3 is 10.0 Å². The van der Waals surface area contributed by atoms with Crippen LogP contribution in [0.2, 0.25) is 0 Å². The molecule has 1 aliphatic rings. The number of hydrogen-bond acceptors (Lipinski definition) is 5. The van der Waals surface area contributed by atoms with Crippen LogP contribution in [0.4, 0.5) is 0 Å². The molecule has 0 bridgehead atoms. The van der Waals surface area contributed by atoms with E-state index in [9.17, 15) is 9.59 Å². The topological polar surface area (TPSA) is 83.4 Å². The van der Waals surface area contributed by atoms with Crippen molar-refractivity contribution in [1.29, 1.82) is 0 Å². The number of carbonyl (C=O) groups excluding carboxylic acids is 1. The van der Waals surface area contributed by atoms with Crippen LogP contribution in [0.25, 0.3) is 10.7 Å². The standard InChI is InChI=1S/C14H13N3O3S/c18-13(17-6-4-9(7-17)14(19)20)11-8-21-12(16-11)10-3-1-2-5-15-10/h1-3,5,8-9H,4,6-7H2,(H,19,20)/t9-/m0/s1. The van der Waals surface area contributed by atoms with Gasteiger partial charge >= 0.3 is 5.97 Å². The van der Waals surface area contributed by atoms with E-state index in [2.05, 4.69) is 9.97 Å². The molecule has 7 heteroatoms. The molecule has 1 aliphatic heterocycles. The number of carboxylic acids is 1. The number of pyridine rings is 1. The van der Waals surface area contributed by atoms with Gasteiger partial charge in [-0.2, -0.15) is 0 Å². The van der Waals surface area contributed by atoms with Crippen molar-refractivity contribution >= 4 is 23.2 Å². The maximum atomic E-state index is 12.3. The fourth-order valence-corrected chi connectivity index (χ4v) is 3.06. The third-order valence-corrected chi connectivity index (χ3v) is 4.30. The summed E-state index contributed by atoms with van der Waals surface area (Å²) < 4.78 is 0. The molecule has 108 valence electrons. The van der Waals surface area contributed by atoms with Crippen molar-refractivity contribution in [3.8, 4) is 10.7 Å². The van der Waals surface area contributed by atoms with Crippen molar-refractivity contribution < 1.29 is 14.7 Å². The van der Waals surface area contributed by atoms with E-state index in [0.717, 1.165) is 5.69 Å². The number of carbonyl (C=O) groups is 2. The number of likely N-dealkylation sites (tertiary alicyclic amines) is 1. The molecule has 1 N–H and O–H groups in total. The van der Waals surface area contributed by atoms with Gasteiger partial charge in [0.05, 0.1) is 11.6 Å². The van der Waals surface area contributed by atoms with Gasteiger partial charge in [-0.3, -0.25) is 14.6 Å². The van der Waals surface area contributed by atoms with E-state index >= 15 is 0 Å². The SMILES string of the molecule is O=C(O)[C@H]1CCN(C(=O)c2csc(-c3ccccn3)n2)C1. The second-order valence-electron chi connectivity index (χ2n) is 4.83. The number of rotatable bonds is 3. The summed E-state index contributed by atoms with van der Waals surface area (Å²) in [6.07, 6.45) is 2.18. The van der Waals surface area contributed by atoms with E-state index < -0.39 is 11.9 Å². The third kappa shape index (κ3) is 2.78. The van der Waals surface area contributed by atoms with Crippen molar-refractivity contribution in [3.63, 3.8) is 0 Å². The Kier molecular flexibility index (Phi) is 3.66. The van der Waals surface area contributed by atoms with Crippen LogP contribution in [0.3, 0.4) is 0 Å². The highest BCUT2D eigenvalue weighted by atomic mass is 32.1. The van der Waals surface area contributed by atoms with Gasteiger partial charge in [0.25, 0.3) is 5.91 Å². The molecule has 2 aromatic rings. The molecule has 0 radical (unpaired) electrons. The molecule has 1 fully saturated rings. The minimum Gasteiger partial charge on any atom is -0.481 e. The highest BCUT2D eigenvalue weighted by molar-refractivity contribution is 7.13. The lowest BCUT2D eigenvalue weighted by Crippen LogP contribution is -2.30. The molecule has 0 saturated carbocycles. The molecule has 0 aromatic carbocycles. The maximum Gasteiger partial charge on any atom is 0.308 e. The van der Waals surface area contributed by atoms with E-state index in [1.54, 1.807) is 16.5 Å². The highest BCUT2D eigenvalue weighted by Crippen LogP contribution is 2.24. The van der Waals surface area contributed by atoms with Gasteiger partial charge in [-0.1, -0.05) is 6.07 Å². The normalized spacial score (nSPS) is 17.9. The predicted molar refractivity (Wildman–Crippen MR) is 77.0 cm³/mol. The van der Waals surface area contributed by atoms with Gasteiger partial charge in [0.2, 0.25) is 0 Å². The van der Waals surface area contributed by atoms with E-state index in [1.807, 2.05) is 18.2 Å². The van der Waals surface area contributed by atoms with Crippen LogP contribution in [-0.2, 0) is 4.79 Å². The van der Waals surface area contributed by atoms with Gasteiger partial charge in [0, 0.05) is 24.7 Å². The molecule has 6 nitrogen and oxygen atoms in total. The fourth-order valence-electron chi connectivity index (χ4n) is 2.29. The third-order valence-electron chi connectivity index (χ3n) is 3.43. The van der Waals surface area contributed by atoms with Gasteiger partial charge in [-0.25, -0.2) is 4.98 Å². The van der Waals surface area contributed by atoms with E-state index in [0.29, 0.717) is 23.7 Å². The van der Waals surface area contributed by atoms with Crippen molar-refractivity contribution in [2.24, 2.45) is 5.92 Å². The summed E-state index contributed by atoms with van der Waals surface area (Å²) in [4.78, 5) is 33.3. The van der Waals surface area contributed by atoms with Crippen molar-refractivity contribution in [2.75, 3.05) is 13.1 Å². The van der Waals surface area contributed by atoms with Crippen LogP contribution in [0.5, 0.6) is 0 Å². The molecule has 3 rings (SSSR count). The molecule has 0 spiro atoms. The van der Waals surface area contributed by atoms with Crippen LogP contribution in [0.15, 0.2) is 29.8 Å². The van der Waals surface area contributed by atoms with Gasteiger partial charge in [-0.15, -0.1) is 11.3 Å². The Morgan fingerprint density at radius 1 is 1.38 bits per heavy atom. The number of aromatic nitrogens is 2. The highest BCUT2D eigenvalue weighted by Gasteiger charge is 2.32. The first-order valence-corrected chi connectivity index (χ1v) is 7.42. The Morgan fingerprint density at radius 2 is 2.24 bits per heavy atom. The van der Waals surface area contributed by atoms with E-state index in [-0.39, 0.29) is 12.5 Å². The van der Waals surface area contributed by atoms with Crippen molar-refractivity contribution in [2.45, 2.75) is 6.42 Å². The van der Waals surface area contributed by atoms with Crippen molar-refractivity contribution in [3.05, 3.63) is 35.5 Å². The average molecular weight is 303 g/mol. The molecule has 3 heterocycles. The summed E-state index contributed by atoms with van der Waals surface area (Å²) in [5, 5.41) is 11.4. The molecule has 21 heavy (non-hydrogen) atoms. The van der Waals surface area contributed by atoms with Gasteiger partial charge in [-0.05, 0) is 18.6 Å². The molecular weight excluding hydrogens is 290 g/mol. The molecule has 1 amide bonds. The largest absolute Gasteiger partial charge is 0.481 e. The quantitative estimate of drug-likeness (QED) is 0.934. The summed E-state index contributed by atoms with van der Waals surface area (Å²) in [5.41, 5.74) is 1.08. The summed E-state index contributed by atoms with van der Waals surface area (Å²) in [6.45, 7) is 0.719. The number of nitrogens with zero attached hydrogens (tertiary/aromatic N) is 3. The number of carboxylic acid groups (broad SMARTS) is 1. The van der Waals surface area contributed by atoms with Crippen molar-refractivity contribution in [1.82, 2.24) is 14.9 Å². The number of hydrogen-bond donors (Lipinski definition) is 1. The first-order chi connectivity index (χ1) is 10.1. The molecular formula is C14H13N3O3S. The predicted octanol–water partition coefficient (Wildman–Crippen LogP) is 1.75. The van der Waals surface area contributed by atoms with E-state index in [4.69, 9.17) is 5.11 Å². The number of thiazole rings is 1. The molecule has 0 aliphatic carbocycles. The zero-order valence-electron chi connectivity index (χ0n) is 11.1. The smallest absolute Gasteiger partial charge is 0.308 e. The number of aliphatic carboxylic acids is 1. The monoisotopic (exact) mass is 303 g/mol. The lowest BCUT2D eigenvalue weighted by atomic mass is 10.1. The average Bonchev–Trinajstić information content (AvgIpc) is 3.17. The maximum absolute atomic E-state index is 12.3. The lowest BCUT2D eigenvalue weighted by molar-refractivity contribution is -0.141. The molecule has 1 atom stereocenters. The van der Waals surface area contributed by atoms with Gasteiger partial charge in [0.15, 0.2) is 0 Å². The Bertz CT molecular complexity index is 671. The first kappa shape index (κ1) is 13.7. The van der Waals surface area contributed by atoms with Crippen LogP contribution >= 0.6 is 11.3 Å². The summed E-state index contributed by atoms with van der Waals surface area (Å²) in [7, 11) is 0. The second kappa shape index (κ2) is 5.61. The lowest BCUT2D eigenvalue weighted by Gasteiger charge is -2.13. The summed E-state index contributed by atoms with van der Waals surface area (Å²) >= 11 is 1.36. The Morgan fingerprint density at radius 3 is 2.90 bits per heavy atom. The Hall–Kier alpha value is -2.28. The number of amides is 1. The zero-order valence-corrected chi connectivity index (χ0v) is 11.9. The van der Waals surface area contributed by atoms with E-state index in [1.165, 1.54) is 11.3 Å². The fraction of sp³-hybridized carbons (Fsp3) is 0.286. The van der Waals surface area contributed by atoms with Crippen LogP contribution in [0, 0.1) is 5.92 Å². The Labute approximate surface area is 125 Å². The van der Waals surface area contributed by atoms with Crippen LogP contribution in [-0.4, -0.2) is 44.9 Å². The minimum atomic E-state index is -0.849. The minimum absolute atomic E-state index is 0.211. The summed E-state index contributed by atoms with van der Waals surface area (Å²) in [5.74, 6) is -1.53. The van der Waals surface area contributed by atoms with Gasteiger partial charge in [0.1, 0.15) is 10.7 Å². The zero-order chi connectivity index (χ0) is 14.8. The van der Waals surface area contributed by atoms with Crippen LogP contribution in [0.1, 0.15) is 16.9 Å². The summed E-state index contributed by atoms with van der Waals surface area (Å²) in [6, 6.07) is 5.52. The second-order valence-corrected chi connectivity index (χ2v) is 5.69. The van der Waals surface area contributed by atoms with Crippen LogP contribution < -0.4 is 0 Å².